The third-order valence-corrected chi connectivity index (χ3v) is 7.10. The summed E-state index contributed by atoms with van der Waals surface area (Å²) in [4.78, 5) is 14.7. The molecule has 0 radical (unpaired) electrons. The van der Waals surface area contributed by atoms with E-state index in [2.05, 4.69) is 35.1 Å². The van der Waals surface area contributed by atoms with Crippen molar-refractivity contribution in [3.05, 3.63) is 42.0 Å². The number of likely N-dealkylation sites (tertiary alicyclic amines) is 1. The first kappa shape index (κ1) is 21.5. The fraction of sp³-hybridized carbons (Fsp3) is 0.609. The lowest BCUT2D eigenvalue weighted by Crippen LogP contribution is -2.59. The Morgan fingerprint density at radius 3 is 2.57 bits per heavy atom. The van der Waals surface area contributed by atoms with Gasteiger partial charge in [-0.2, -0.15) is 0 Å². The molecule has 164 valence electrons. The molecule has 0 spiro atoms. The molecule has 3 aliphatic rings. The highest BCUT2D eigenvalue weighted by Crippen LogP contribution is 2.34. The smallest absolute Gasteiger partial charge is 0.226 e. The first-order valence-corrected chi connectivity index (χ1v) is 12.9. The van der Waals surface area contributed by atoms with E-state index in [1.807, 2.05) is 11.0 Å². The molecule has 30 heavy (non-hydrogen) atoms. The molecule has 7 heteroatoms. The molecule has 4 rings (SSSR count). The number of nitrogens with zero attached hydrogens (tertiary/aromatic N) is 1. The van der Waals surface area contributed by atoms with Gasteiger partial charge in [-0.1, -0.05) is 36.4 Å². The van der Waals surface area contributed by atoms with Gasteiger partial charge in [0, 0.05) is 18.5 Å². The molecule has 1 aliphatic heterocycles. The van der Waals surface area contributed by atoms with E-state index < -0.39 is 10.0 Å². The Balaban J connectivity index is 1.40. The van der Waals surface area contributed by atoms with Gasteiger partial charge in [0.1, 0.15) is 0 Å². The number of amides is 1. The minimum atomic E-state index is -3.34. The van der Waals surface area contributed by atoms with Crippen molar-refractivity contribution in [1.82, 2.24) is 9.62 Å². The van der Waals surface area contributed by atoms with Crippen LogP contribution in [0.5, 0.6) is 0 Å². The molecule has 1 aromatic rings. The molecule has 2 aliphatic carbocycles. The van der Waals surface area contributed by atoms with Gasteiger partial charge >= 0.3 is 0 Å². The van der Waals surface area contributed by atoms with Crippen molar-refractivity contribution in [2.75, 3.05) is 19.4 Å². The van der Waals surface area contributed by atoms with Gasteiger partial charge in [-0.25, -0.2) is 13.1 Å². The third kappa shape index (κ3) is 5.50. The molecule has 3 atom stereocenters. The Labute approximate surface area is 179 Å². The average molecular weight is 433 g/mol. The van der Waals surface area contributed by atoms with Gasteiger partial charge in [0.15, 0.2) is 0 Å². The summed E-state index contributed by atoms with van der Waals surface area (Å²) >= 11 is 0. The Hall–Kier alpha value is -1.70. The zero-order valence-corrected chi connectivity index (χ0v) is 18.4. The number of benzene rings is 1. The van der Waals surface area contributed by atoms with Gasteiger partial charge in [-0.05, 0) is 56.1 Å². The van der Waals surface area contributed by atoms with Crippen LogP contribution >= 0.6 is 0 Å². The van der Waals surface area contributed by atoms with Crippen LogP contribution < -0.4 is 4.72 Å². The molecule has 2 fully saturated rings. The summed E-state index contributed by atoms with van der Waals surface area (Å²) in [7, 11) is -3.34. The minimum Gasteiger partial charge on any atom is -0.376 e. The predicted octanol–water partition coefficient (Wildman–Crippen LogP) is 2.96. The van der Waals surface area contributed by atoms with Crippen LogP contribution in [0.1, 0.15) is 50.5 Å². The van der Waals surface area contributed by atoms with Gasteiger partial charge in [0.25, 0.3) is 0 Å². The molecule has 1 saturated heterocycles. The fourth-order valence-corrected chi connectivity index (χ4v) is 5.45. The van der Waals surface area contributed by atoms with Crippen molar-refractivity contribution in [3.63, 3.8) is 0 Å². The Morgan fingerprint density at radius 2 is 1.93 bits per heavy atom. The van der Waals surface area contributed by atoms with Gasteiger partial charge in [0.05, 0.1) is 25.0 Å². The van der Waals surface area contributed by atoms with E-state index in [1.165, 1.54) is 17.4 Å². The Bertz CT molecular complexity index is 880. The third-order valence-electron chi connectivity index (χ3n) is 6.36. The number of carbonyl (C=O) groups is 1. The molecule has 6 nitrogen and oxygen atoms in total. The number of sulfonamides is 1. The molecular weight excluding hydrogens is 400 g/mol. The number of hydrogen-bond donors (Lipinski definition) is 1. The van der Waals surface area contributed by atoms with Crippen molar-refractivity contribution in [1.29, 1.82) is 0 Å². The molecule has 1 saturated carbocycles. The monoisotopic (exact) mass is 432 g/mol. The second-order valence-corrected chi connectivity index (χ2v) is 10.6. The summed E-state index contributed by atoms with van der Waals surface area (Å²) in [5.41, 5.74) is 2.62. The number of ether oxygens (including phenoxy) is 1. The zero-order valence-electron chi connectivity index (χ0n) is 17.6. The lowest BCUT2D eigenvalue weighted by atomic mass is 9.92. The van der Waals surface area contributed by atoms with Crippen LogP contribution in [0.15, 0.2) is 36.4 Å². The Kier molecular flexibility index (Phi) is 6.60. The van der Waals surface area contributed by atoms with E-state index in [4.69, 9.17) is 4.74 Å². The maximum atomic E-state index is 12.8. The summed E-state index contributed by atoms with van der Waals surface area (Å²) < 4.78 is 32.8. The van der Waals surface area contributed by atoms with Crippen LogP contribution in [0.25, 0.3) is 5.57 Å². The summed E-state index contributed by atoms with van der Waals surface area (Å²) in [5, 5.41) is 0. The first-order valence-electron chi connectivity index (χ1n) is 11.0. The molecule has 0 aromatic heterocycles. The molecule has 0 bridgehead atoms. The summed E-state index contributed by atoms with van der Waals surface area (Å²) in [5.74, 6) is 0.286. The molecule has 1 amide bonds. The van der Waals surface area contributed by atoms with Crippen LogP contribution in [0.4, 0.5) is 0 Å². The minimum absolute atomic E-state index is 0.108. The van der Waals surface area contributed by atoms with Crippen LogP contribution in [-0.2, 0) is 19.6 Å². The summed E-state index contributed by atoms with van der Waals surface area (Å²) in [6, 6.07) is 9.90. The highest BCUT2D eigenvalue weighted by Gasteiger charge is 2.41. The van der Waals surface area contributed by atoms with E-state index >= 15 is 0 Å². The van der Waals surface area contributed by atoms with Crippen LogP contribution in [0.3, 0.4) is 0 Å². The highest BCUT2D eigenvalue weighted by atomic mass is 32.2. The largest absolute Gasteiger partial charge is 0.376 e. The first-order chi connectivity index (χ1) is 14.4. The van der Waals surface area contributed by atoms with Crippen molar-refractivity contribution in [2.24, 2.45) is 5.92 Å². The lowest BCUT2D eigenvalue weighted by Gasteiger charge is -2.42. The number of nitrogens with one attached hydrogen (secondary N) is 1. The number of rotatable bonds is 7. The predicted molar refractivity (Wildman–Crippen MR) is 117 cm³/mol. The van der Waals surface area contributed by atoms with Crippen molar-refractivity contribution < 1.29 is 17.9 Å². The normalized spacial score (nSPS) is 27.6. The fourth-order valence-electron chi connectivity index (χ4n) is 4.62. The quantitative estimate of drug-likeness (QED) is 0.719. The zero-order chi connectivity index (χ0) is 21.1. The second-order valence-electron chi connectivity index (χ2n) is 8.84. The van der Waals surface area contributed by atoms with Crippen molar-refractivity contribution >= 4 is 21.5 Å². The maximum absolute atomic E-state index is 12.8. The SMILES string of the molecule is CS(=O)(=O)NC1CCCN(C(=O)C2CC2)C1COC1CC=C(c2ccccc2)CC1. The summed E-state index contributed by atoms with van der Waals surface area (Å²) in [6.45, 7) is 1.07. The number of piperidine rings is 1. The molecule has 1 N–H and O–H groups in total. The van der Waals surface area contributed by atoms with E-state index in [0.717, 1.165) is 44.9 Å². The molecule has 1 heterocycles. The van der Waals surface area contributed by atoms with E-state index in [0.29, 0.717) is 13.2 Å². The van der Waals surface area contributed by atoms with Gasteiger partial charge in [-0.15, -0.1) is 0 Å². The molecule has 3 unspecified atom stereocenters. The maximum Gasteiger partial charge on any atom is 0.226 e. The number of carbonyl (C=O) groups excluding carboxylic acids is 1. The average Bonchev–Trinajstić information content (AvgIpc) is 3.57. The number of allylic oxidation sites excluding steroid dienone is 1. The Morgan fingerprint density at radius 1 is 1.17 bits per heavy atom. The van der Waals surface area contributed by atoms with E-state index in [9.17, 15) is 13.2 Å². The topological polar surface area (TPSA) is 75.7 Å². The van der Waals surface area contributed by atoms with Crippen molar-refractivity contribution in [3.8, 4) is 0 Å². The molecular formula is C23H32N2O4S. The number of hydrogen-bond acceptors (Lipinski definition) is 4. The van der Waals surface area contributed by atoms with Crippen LogP contribution in [0.2, 0.25) is 0 Å². The van der Waals surface area contributed by atoms with E-state index in [-0.39, 0.29) is 30.0 Å². The lowest BCUT2D eigenvalue weighted by molar-refractivity contribution is -0.139. The second kappa shape index (κ2) is 9.20. The van der Waals surface area contributed by atoms with Gasteiger partial charge < -0.3 is 9.64 Å². The van der Waals surface area contributed by atoms with Crippen molar-refractivity contribution in [2.45, 2.75) is 63.1 Å². The molecule has 1 aromatic carbocycles. The van der Waals surface area contributed by atoms with E-state index in [1.54, 1.807) is 0 Å². The highest BCUT2D eigenvalue weighted by molar-refractivity contribution is 7.88. The van der Waals surface area contributed by atoms with Crippen LogP contribution in [-0.4, -0.2) is 56.8 Å². The van der Waals surface area contributed by atoms with Gasteiger partial charge in [0.2, 0.25) is 15.9 Å². The standard InChI is InChI=1S/C23H32N2O4S/c1-30(27,28)24-21-8-5-15-25(23(26)19-9-10-19)22(21)16-29-20-13-11-18(12-14-20)17-6-3-2-4-7-17/h2-4,6-7,11,19-22,24H,5,8-10,12-16H2,1H3. The van der Waals surface area contributed by atoms with Crippen LogP contribution in [0, 0.1) is 5.92 Å². The summed E-state index contributed by atoms with van der Waals surface area (Å²) in [6.07, 6.45) is 9.74. The van der Waals surface area contributed by atoms with Gasteiger partial charge in [-0.3, -0.25) is 4.79 Å².